The van der Waals surface area contributed by atoms with Gasteiger partial charge in [0, 0.05) is 17.5 Å². The van der Waals surface area contributed by atoms with Crippen molar-refractivity contribution < 1.29 is 23.1 Å². The zero-order valence-electron chi connectivity index (χ0n) is 15.8. The van der Waals surface area contributed by atoms with Crippen molar-refractivity contribution in [1.29, 1.82) is 0 Å². The van der Waals surface area contributed by atoms with Crippen molar-refractivity contribution >= 4 is 21.8 Å². The molecule has 0 spiro atoms. The van der Waals surface area contributed by atoms with Gasteiger partial charge in [0.25, 0.3) is 0 Å². The molecule has 0 aliphatic heterocycles. The summed E-state index contributed by atoms with van der Waals surface area (Å²) in [4.78, 5) is 23.5. The van der Waals surface area contributed by atoms with Crippen LogP contribution in [0.25, 0.3) is 0 Å². The molecule has 0 fully saturated rings. The second kappa shape index (κ2) is 7.85. The smallest absolute Gasteiger partial charge is 0.304 e. The number of carbonyl (C=O) groups is 2. The van der Waals surface area contributed by atoms with Crippen molar-refractivity contribution in [2.24, 2.45) is 5.92 Å². The summed E-state index contributed by atoms with van der Waals surface area (Å²) in [5, 5.41) is 8.87. The number of sulfonamides is 1. The lowest BCUT2D eigenvalue weighted by atomic mass is 9.94. The molecule has 2 aromatic rings. The van der Waals surface area contributed by atoms with E-state index in [1.807, 2.05) is 13.0 Å². The zero-order chi connectivity index (χ0) is 20.5. The summed E-state index contributed by atoms with van der Waals surface area (Å²) < 4.78 is 27.9. The van der Waals surface area contributed by atoms with Crippen LogP contribution in [0.15, 0.2) is 47.4 Å². The number of hydrogen-bond acceptors (Lipinski definition) is 4. The summed E-state index contributed by atoms with van der Waals surface area (Å²) in [6, 6.07) is 11.7. The van der Waals surface area contributed by atoms with E-state index in [4.69, 9.17) is 5.11 Å². The first kappa shape index (κ1) is 20.2. The lowest BCUT2D eigenvalue weighted by Crippen LogP contribution is -2.35. The number of aliphatic carboxylic acids is 1. The first-order valence-electron chi connectivity index (χ1n) is 9.12. The maximum atomic E-state index is 12.6. The second-order valence-corrected chi connectivity index (χ2v) is 9.10. The van der Waals surface area contributed by atoms with Gasteiger partial charge in [0.05, 0.1) is 11.3 Å². The third-order valence-electron chi connectivity index (χ3n) is 5.00. The van der Waals surface area contributed by atoms with Gasteiger partial charge in [0.15, 0.2) is 5.78 Å². The molecule has 2 N–H and O–H groups in total. The van der Waals surface area contributed by atoms with E-state index in [0.717, 1.165) is 16.7 Å². The molecule has 0 bridgehead atoms. The predicted octanol–water partition coefficient (Wildman–Crippen LogP) is 2.73. The fraction of sp³-hybridized carbons (Fsp3) is 0.333. The largest absolute Gasteiger partial charge is 0.481 e. The standard InChI is InChI=1S/C21H23NO5S/c1-13-3-7-19(8-4-13)28(26,27)22-18-11-15-5-6-16(10-17(15)12-18)21(25)14(2)9-20(23)24/h3-8,10,14,18,22H,9,11-12H2,1-2H3,(H,23,24). The SMILES string of the molecule is Cc1ccc(S(=O)(=O)NC2Cc3ccc(C(=O)C(C)CC(=O)O)cc3C2)cc1. The first-order valence-corrected chi connectivity index (χ1v) is 10.6. The third kappa shape index (κ3) is 4.48. The van der Waals surface area contributed by atoms with Gasteiger partial charge in [0.1, 0.15) is 0 Å². The molecule has 1 aliphatic rings. The van der Waals surface area contributed by atoms with Crippen LogP contribution in [0, 0.1) is 12.8 Å². The molecule has 2 atom stereocenters. The lowest BCUT2D eigenvalue weighted by molar-refractivity contribution is -0.137. The molecule has 148 valence electrons. The number of Topliss-reactive ketones (excluding diaryl/α,β-unsaturated/α-hetero) is 1. The monoisotopic (exact) mass is 401 g/mol. The summed E-state index contributed by atoms with van der Waals surface area (Å²) in [6.45, 7) is 3.50. The first-order chi connectivity index (χ1) is 13.2. The van der Waals surface area contributed by atoms with Crippen molar-refractivity contribution in [3.63, 3.8) is 0 Å². The van der Waals surface area contributed by atoms with Gasteiger partial charge in [-0.3, -0.25) is 9.59 Å². The van der Waals surface area contributed by atoms with E-state index >= 15 is 0 Å². The molecule has 2 aromatic carbocycles. The molecule has 6 nitrogen and oxygen atoms in total. The number of carbonyl (C=O) groups excluding carboxylic acids is 1. The number of fused-ring (bicyclic) bond motifs is 1. The van der Waals surface area contributed by atoms with Gasteiger partial charge >= 0.3 is 5.97 Å². The fourth-order valence-electron chi connectivity index (χ4n) is 3.50. The molecule has 0 aromatic heterocycles. The Labute approximate surface area is 164 Å². The van der Waals surface area contributed by atoms with Gasteiger partial charge in [-0.2, -0.15) is 0 Å². The lowest BCUT2D eigenvalue weighted by Gasteiger charge is -2.12. The van der Waals surface area contributed by atoms with Crippen LogP contribution < -0.4 is 4.72 Å². The molecular formula is C21H23NO5S. The van der Waals surface area contributed by atoms with Crippen LogP contribution >= 0.6 is 0 Å². The molecule has 3 rings (SSSR count). The van der Waals surface area contributed by atoms with E-state index in [1.165, 1.54) is 0 Å². The van der Waals surface area contributed by atoms with Crippen molar-refractivity contribution in [3.05, 3.63) is 64.7 Å². The summed E-state index contributed by atoms with van der Waals surface area (Å²) in [5.41, 5.74) is 3.38. The highest BCUT2D eigenvalue weighted by Gasteiger charge is 2.28. The maximum absolute atomic E-state index is 12.6. The van der Waals surface area contributed by atoms with E-state index in [-0.39, 0.29) is 23.1 Å². The normalized spacial score (nSPS) is 17.1. The Hall–Kier alpha value is -2.51. The number of carboxylic acids is 1. The van der Waals surface area contributed by atoms with Crippen molar-refractivity contribution in [1.82, 2.24) is 4.72 Å². The number of rotatable bonds is 7. The molecule has 0 saturated heterocycles. The Morgan fingerprint density at radius 3 is 2.39 bits per heavy atom. The van der Waals surface area contributed by atoms with Crippen molar-refractivity contribution in [3.8, 4) is 0 Å². The van der Waals surface area contributed by atoms with Crippen LogP contribution in [-0.4, -0.2) is 31.3 Å². The Balaban J connectivity index is 1.72. The molecule has 0 amide bonds. The van der Waals surface area contributed by atoms with Crippen LogP contribution in [0.1, 0.15) is 40.4 Å². The molecular weight excluding hydrogens is 378 g/mol. The summed E-state index contributed by atoms with van der Waals surface area (Å²) >= 11 is 0. The minimum Gasteiger partial charge on any atom is -0.481 e. The minimum atomic E-state index is -3.61. The third-order valence-corrected chi connectivity index (χ3v) is 6.54. The van der Waals surface area contributed by atoms with Crippen molar-refractivity contribution in [2.75, 3.05) is 0 Å². The number of aryl methyl sites for hydroxylation is 1. The van der Waals surface area contributed by atoms with Gasteiger partial charge in [-0.25, -0.2) is 13.1 Å². The van der Waals surface area contributed by atoms with Crippen LogP contribution in [0.4, 0.5) is 0 Å². The van der Waals surface area contributed by atoms with E-state index in [0.29, 0.717) is 18.4 Å². The van der Waals surface area contributed by atoms with Gasteiger partial charge in [0.2, 0.25) is 10.0 Å². The number of ketones is 1. The topological polar surface area (TPSA) is 101 Å². The molecule has 28 heavy (non-hydrogen) atoms. The van der Waals surface area contributed by atoms with Crippen LogP contribution in [0.5, 0.6) is 0 Å². The summed E-state index contributed by atoms with van der Waals surface area (Å²) in [5.74, 6) is -1.82. The average Bonchev–Trinajstić information content (AvgIpc) is 3.01. The summed E-state index contributed by atoms with van der Waals surface area (Å²) in [6.07, 6.45) is 0.837. The van der Waals surface area contributed by atoms with Gasteiger partial charge in [-0.05, 0) is 49.1 Å². The molecule has 7 heteroatoms. The fourth-order valence-corrected chi connectivity index (χ4v) is 4.73. The average molecular weight is 401 g/mol. The van der Waals surface area contributed by atoms with Crippen LogP contribution in [-0.2, 0) is 27.7 Å². The van der Waals surface area contributed by atoms with E-state index in [1.54, 1.807) is 43.3 Å². The molecule has 0 radical (unpaired) electrons. The van der Waals surface area contributed by atoms with Gasteiger partial charge in [-0.1, -0.05) is 36.8 Å². The number of hydrogen-bond donors (Lipinski definition) is 2. The Bertz CT molecular complexity index is 1010. The predicted molar refractivity (Wildman–Crippen MR) is 105 cm³/mol. The Kier molecular flexibility index (Phi) is 5.67. The van der Waals surface area contributed by atoms with Crippen LogP contribution in [0.2, 0.25) is 0 Å². The van der Waals surface area contributed by atoms with Crippen LogP contribution in [0.3, 0.4) is 0 Å². The van der Waals surface area contributed by atoms with Gasteiger partial charge < -0.3 is 5.11 Å². The quantitative estimate of drug-likeness (QED) is 0.695. The summed E-state index contributed by atoms with van der Waals surface area (Å²) in [7, 11) is -3.61. The van der Waals surface area contributed by atoms with Crippen molar-refractivity contribution in [2.45, 2.75) is 44.0 Å². The zero-order valence-corrected chi connectivity index (χ0v) is 16.6. The maximum Gasteiger partial charge on any atom is 0.304 e. The Morgan fingerprint density at radius 1 is 1.11 bits per heavy atom. The molecule has 0 saturated carbocycles. The highest BCUT2D eigenvalue weighted by molar-refractivity contribution is 7.89. The highest BCUT2D eigenvalue weighted by atomic mass is 32.2. The van der Waals surface area contributed by atoms with E-state index in [9.17, 15) is 18.0 Å². The minimum absolute atomic E-state index is 0.213. The van der Waals surface area contributed by atoms with E-state index in [2.05, 4.69) is 4.72 Å². The molecule has 2 unspecified atom stereocenters. The number of benzene rings is 2. The second-order valence-electron chi connectivity index (χ2n) is 7.39. The molecule has 1 aliphatic carbocycles. The molecule has 0 heterocycles. The van der Waals surface area contributed by atoms with E-state index < -0.39 is 21.9 Å². The Morgan fingerprint density at radius 2 is 1.75 bits per heavy atom. The van der Waals surface area contributed by atoms with Gasteiger partial charge in [-0.15, -0.1) is 0 Å². The highest BCUT2D eigenvalue weighted by Crippen LogP contribution is 2.26. The number of carboxylic acid groups (broad SMARTS) is 1. The number of nitrogens with one attached hydrogen (secondary N) is 1.